The first-order chi connectivity index (χ1) is 9.89. The van der Waals surface area contributed by atoms with Gasteiger partial charge in [-0.25, -0.2) is 0 Å². The lowest BCUT2D eigenvalue weighted by molar-refractivity contribution is 0.179. The SMILES string of the molecule is CN=C(NCC(C)(C)c1ccc(Br)cc1)NC(C)COC. The molecule has 118 valence electrons. The van der Waals surface area contributed by atoms with Crippen LogP contribution in [0.3, 0.4) is 0 Å². The zero-order chi connectivity index (χ0) is 15.9. The van der Waals surface area contributed by atoms with Crippen molar-refractivity contribution in [1.82, 2.24) is 10.6 Å². The fraction of sp³-hybridized carbons (Fsp3) is 0.562. The predicted octanol–water partition coefficient (Wildman–Crippen LogP) is 2.93. The normalized spacial score (nSPS) is 13.9. The van der Waals surface area contributed by atoms with E-state index in [4.69, 9.17) is 4.74 Å². The average Bonchev–Trinajstić information content (AvgIpc) is 2.44. The molecule has 0 aliphatic carbocycles. The Labute approximate surface area is 136 Å². The minimum atomic E-state index is 0.0167. The molecule has 0 fully saturated rings. The predicted molar refractivity (Wildman–Crippen MR) is 93.0 cm³/mol. The Balaban J connectivity index is 2.60. The molecule has 1 aromatic carbocycles. The molecule has 1 unspecified atom stereocenters. The Hall–Kier alpha value is -1.07. The smallest absolute Gasteiger partial charge is 0.191 e. The largest absolute Gasteiger partial charge is 0.383 e. The van der Waals surface area contributed by atoms with E-state index in [0.29, 0.717) is 6.61 Å². The lowest BCUT2D eigenvalue weighted by Gasteiger charge is -2.27. The molecule has 1 atom stereocenters. The van der Waals surface area contributed by atoms with E-state index in [9.17, 15) is 0 Å². The van der Waals surface area contributed by atoms with Crippen molar-refractivity contribution in [2.75, 3.05) is 27.3 Å². The number of hydrogen-bond acceptors (Lipinski definition) is 2. The summed E-state index contributed by atoms with van der Waals surface area (Å²) in [5.74, 6) is 0.796. The van der Waals surface area contributed by atoms with Crippen LogP contribution in [-0.4, -0.2) is 39.3 Å². The highest BCUT2D eigenvalue weighted by Crippen LogP contribution is 2.23. The third-order valence-electron chi connectivity index (χ3n) is 3.35. The van der Waals surface area contributed by atoms with Crippen LogP contribution in [0.15, 0.2) is 33.7 Å². The van der Waals surface area contributed by atoms with E-state index in [1.165, 1.54) is 5.56 Å². The molecule has 0 spiro atoms. The summed E-state index contributed by atoms with van der Waals surface area (Å²) < 4.78 is 6.22. The van der Waals surface area contributed by atoms with Crippen molar-refractivity contribution < 1.29 is 4.74 Å². The first-order valence-electron chi connectivity index (χ1n) is 7.11. The molecule has 0 saturated carbocycles. The molecular formula is C16H26BrN3O. The van der Waals surface area contributed by atoms with Crippen LogP contribution < -0.4 is 10.6 Å². The summed E-state index contributed by atoms with van der Waals surface area (Å²) in [7, 11) is 3.48. The molecule has 0 heterocycles. The van der Waals surface area contributed by atoms with Crippen molar-refractivity contribution in [2.24, 2.45) is 4.99 Å². The highest BCUT2D eigenvalue weighted by molar-refractivity contribution is 9.10. The summed E-state index contributed by atoms with van der Waals surface area (Å²) in [6.07, 6.45) is 0. The number of halogens is 1. The van der Waals surface area contributed by atoms with Gasteiger partial charge >= 0.3 is 0 Å². The summed E-state index contributed by atoms with van der Waals surface area (Å²) in [5.41, 5.74) is 1.31. The molecule has 1 aromatic rings. The number of aliphatic imine (C=N–C) groups is 1. The molecule has 0 bridgehead atoms. The van der Waals surface area contributed by atoms with Crippen molar-refractivity contribution in [3.63, 3.8) is 0 Å². The number of nitrogens with zero attached hydrogens (tertiary/aromatic N) is 1. The molecule has 0 radical (unpaired) electrons. The monoisotopic (exact) mass is 355 g/mol. The Morgan fingerprint density at radius 1 is 1.33 bits per heavy atom. The third-order valence-corrected chi connectivity index (χ3v) is 3.88. The zero-order valence-electron chi connectivity index (χ0n) is 13.5. The molecule has 0 aliphatic heterocycles. The Morgan fingerprint density at radius 3 is 2.48 bits per heavy atom. The Bertz CT molecular complexity index is 457. The lowest BCUT2D eigenvalue weighted by Crippen LogP contribution is -2.47. The highest BCUT2D eigenvalue weighted by atomic mass is 79.9. The van der Waals surface area contributed by atoms with Crippen molar-refractivity contribution in [1.29, 1.82) is 0 Å². The van der Waals surface area contributed by atoms with Crippen molar-refractivity contribution >= 4 is 21.9 Å². The quantitative estimate of drug-likeness (QED) is 0.609. The fourth-order valence-corrected chi connectivity index (χ4v) is 2.29. The Morgan fingerprint density at radius 2 is 1.95 bits per heavy atom. The molecule has 2 N–H and O–H groups in total. The van der Waals surface area contributed by atoms with Gasteiger partial charge in [0.25, 0.3) is 0 Å². The van der Waals surface area contributed by atoms with E-state index < -0.39 is 0 Å². The molecule has 5 heteroatoms. The van der Waals surface area contributed by atoms with Crippen molar-refractivity contribution in [2.45, 2.75) is 32.2 Å². The van der Waals surface area contributed by atoms with Crippen molar-refractivity contribution in [3.8, 4) is 0 Å². The second-order valence-corrected chi connectivity index (χ2v) is 6.73. The van der Waals surface area contributed by atoms with Gasteiger partial charge in [0.2, 0.25) is 0 Å². The van der Waals surface area contributed by atoms with E-state index in [2.05, 4.69) is 76.6 Å². The van der Waals surface area contributed by atoms with E-state index in [1.807, 2.05) is 0 Å². The zero-order valence-corrected chi connectivity index (χ0v) is 15.1. The number of guanidine groups is 1. The van der Waals surface area contributed by atoms with Crippen LogP contribution in [-0.2, 0) is 10.2 Å². The minimum Gasteiger partial charge on any atom is -0.383 e. The molecule has 1 rings (SSSR count). The van der Waals surface area contributed by atoms with Crippen LogP contribution in [0.1, 0.15) is 26.3 Å². The standard InChI is InChI=1S/C16H26BrN3O/c1-12(10-21-5)20-15(18-4)19-11-16(2,3)13-6-8-14(17)9-7-13/h6-9,12H,10-11H2,1-5H3,(H2,18,19,20). The van der Waals surface area contributed by atoms with Gasteiger partial charge in [-0.1, -0.05) is 41.9 Å². The van der Waals surface area contributed by atoms with Crippen molar-refractivity contribution in [3.05, 3.63) is 34.3 Å². The molecule has 0 aliphatic rings. The van der Waals surface area contributed by atoms with Crippen LogP contribution in [0.5, 0.6) is 0 Å². The summed E-state index contributed by atoms with van der Waals surface area (Å²) in [4.78, 5) is 4.25. The molecular weight excluding hydrogens is 330 g/mol. The number of methoxy groups -OCH3 is 1. The highest BCUT2D eigenvalue weighted by Gasteiger charge is 2.21. The lowest BCUT2D eigenvalue weighted by atomic mass is 9.85. The van der Waals surface area contributed by atoms with Gasteiger partial charge in [0.1, 0.15) is 0 Å². The maximum Gasteiger partial charge on any atom is 0.191 e. The number of rotatable bonds is 6. The molecule has 0 saturated heterocycles. The van der Waals surface area contributed by atoms with E-state index in [1.54, 1.807) is 14.2 Å². The summed E-state index contributed by atoms with van der Waals surface area (Å²) >= 11 is 3.47. The van der Waals surface area contributed by atoms with Gasteiger partial charge in [0, 0.05) is 36.6 Å². The Kier molecular flexibility index (Phi) is 7.18. The van der Waals surface area contributed by atoms with Crippen LogP contribution in [0.4, 0.5) is 0 Å². The van der Waals surface area contributed by atoms with Gasteiger partial charge in [-0.15, -0.1) is 0 Å². The van der Waals surface area contributed by atoms with E-state index in [0.717, 1.165) is 17.0 Å². The van der Waals surface area contributed by atoms with Crippen LogP contribution in [0.25, 0.3) is 0 Å². The second-order valence-electron chi connectivity index (χ2n) is 5.82. The van der Waals surface area contributed by atoms with Gasteiger partial charge in [0.05, 0.1) is 6.61 Å². The average molecular weight is 356 g/mol. The van der Waals surface area contributed by atoms with Crippen LogP contribution in [0, 0.1) is 0 Å². The number of benzene rings is 1. The van der Waals surface area contributed by atoms with Gasteiger partial charge in [0.15, 0.2) is 5.96 Å². The van der Waals surface area contributed by atoms with Gasteiger partial charge in [-0.3, -0.25) is 4.99 Å². The third kappa shape index (κ3) is 6.06. The topological polar surface area (TPSA) is 45.7 Å². The number of hydrogen-bond donors (Lipinski definition) is 2. The van der Waals surface area contributed by atoms with Crippen LogP contribution in [0.2, 0.25) is 0 Å². The molecule has 4 nitrogen and oxygen atoms in total. The van der Waals surface area contributed by atoms with Gasteiger partial charge in [-0.05, 0) is 24.6 Å². The molecule has 0 amide bonds. The fourth-order valence-electron chi connectivity index (χ4n) is 2.03. The molecule has 21 heavy (non-hydrogen) atoms. The molecule has 0 aromatic heterocycles. The summed E-state index contributed by atoms with van der Waals surface area (Å²) in [6.45, 7) is 7.95. The number of nitrogens with one attached hydrogen (secondary N) is 2. The summed E-state index contributed by atoms with van der Waals surface area (Å²) in [5, 5.41) is 6.69. The first kappa shape index (κ1) is 18.0. The van der Waals surface area contributed by atoms with E-state index >= 15 is 0 Å². The first-order valence-corrected chi connectivity index (χ1v) is 7.90. The number of ether oxygens (including phenoxy) is 1. The maximum absolute atomic E-state index is 5.13. The summed E-state index contributed by atoms with van der Waals surface area (Å²) in [6, 6.07) is 8.66. The van der Waals surface area contributed by atoms with Gasteiger partial charge in [-0.2, -0.15) is 0 Å². The van der Waals surface area contributed by atoms with E-state index in [-0.39, 0.29) is 11.5 Å². The maximum atomic E-state index is 5.13. The van der Waals surface area contributed by atoms with Crippen LogP contribution >= 0.6 is 15.9 Å². The van der Waals surface area contributed by atoms with Gasteiger partial charge < -0.3 is 15.4 Å². The minimum absolute atomic E-state index is 0.0167. The second kappa shape index (κ2) is 8.39.